The Morgan fingerprint density at radius 3 is 2.95 bits per heavy atom. The average molecular weight is 270 g/mol. The maximum Gasteiger partial charge on any atom is 0.323 e. The van der Waals surface area contributed by atoms with Crippen LogP contribution in [0.2, 0.25) is 0 Å². The lowest BCUT2D eigenvalue weighted by atomic mass is 10.1. The van der Waals surface area contributed by atoms with Gasteiger partial charge in [-0.1, -0.05) is 6.07 Å². The number of likely N-dealkylation sites (tertiary alicyclic amines) is 1. The number of rotatable bonds is 2. The Balaban J connectivity index is 1.76. The highest BCUT2D eigenvalue weighted by Crippen LogP contribution is 2.32. The molecule has 2 amide bonds. The molecule has 0 aromatic carbocycles. The number of hydrogen-bond donors (Lipinski definition) is 1. The van der Waals surface area contributed by atoms with Crippen molar-refractivity contribution in [2.24, 2.45) is 7.05 Å². The Morgan fingerprint density at radius 1 is 1.35 bits per heavy atom. The monoisotopic (exact) mass is 270 g/mol. The number of carbonyl (C=O) groups is 1. The molecule has 0 bridgehead atoms. The minimum Gasteiger partial charge on any atom is -0.353 e. The number of aromatic nitrogens is 2. The fourth-order valence-corrected chi connectivity index (χ4v) is 2.76. The van der Waals surface area contributed by atoms with Gasteiger partial charge in [-0.05, 0) is 37.1 Å². The first-order valence-electron chi connectivity index (χ1n) is 6.85. The third-order valence-corrected chi connectivity index (χ3v) is 3.74. The van der Waals surface area contributed by atoms with Gasteiger partial charge in [0.15, 0.2) is 0 Å². The van der Waals surface area contributed by atoms with Gasteiger partial charge in [-0.25, -0.2) is 9.78 Å². The fraction of sp³-hybridized carbons (Fsp3) is 0.333. The molecule has 5 nitrogen and oxygen atoms in total. The van der Waals surface area contributed by atoms with Crippen LogP contribution in [0.5, 0.6) is 0 Å². The van der Waals surface area contributed by atoms with Gasteiger partial charge in [0, 0.05) is 31.7 Å². The molecule has 1 N–H and O–H groups in total. The smallest absolute Gasteiger partial charge is 0.323 e. The van der Waals surface area contributed by atoms with E-state index in [2.05, 4.69) is 20.9 Å². The van der Waals surface area contributed by atoms with Gasteiger partial charge >= 0.3 is 6.03 Å². The van der Waals surface area contributed by atoms with Crippen molar-refractivity contribution >= 4 is 11.8 Å². The summed E-state index contributed by atoms with van der Waals surface area (Å²) in [4.78, 5) is 18.4. The molecule has 2 aromatic heterocycles. The lowest BCUT2D eigenvalue weighted by molar-refractivity contribution is 0.205. The molecule has 0 saturated carbocycles. The van der Waals surface area contributed by atoms with Crippen LogP contribution >= 0.6 is 0 Å². The summed E-state index contributed by atoms with van der Waals surface area (Å²) in [6, 6.07) is 9.66. The van der Waals surface area contributed by atoms with Crippen LogP contribution in [0.1, 0.15) is 24.6 Å². The maximum absolute atomic E-state index is 12.4. The number of hydrogen-bond acceptors (Lipinski definition) is 2. The van der Waals surface area contributed by atoms with Crippen LogP contribution in [0.25, 0.3) is 0 Å². The van der Waals surface area contributed by atoms with E-state index in [9.17, 15) is 4.79 Å². The number of urea groups is 1. The van der Waals surface area contributed by atoms with E-state index in [1.807, 2.05) is 36.3 Å². The zero-order chi connectivity index (χ0) is 13.9. The van der Waals surface area contributed by atoms with Crippen molar-refractivity contribution in [2.75, 3.05) is 11.9 Å². The summed E-state index contributed by atoms with van der Waals surface area (Å²) in [5, 5.41) is 2.86. The molecule has 20 heavy (non-hydrogen) atoms. The summed E-state index contributed by atoms with van der Waals surface area (Å²) in [5.41, 5.74) is 1.18. The van der Waals surface area contributed by atoms with E-state index in [-0.39, 0.29) is 12.1 Å². The van der Waals surface area contributed by atoms with Gasteiger partial charge in [-0.2, -0.15) is 0 Å². The Morgan fingerprint density at radius 2 is 2.25 bits per heavy atom. The molecule has 2 aromatic rings. The quantitative estimate of drug-likeness (QED) is 0.912. The van der Waals surface area contributed by atoms with Gasteiger partial charge in [-0.15, -0.1) is 0 Å². The van der Waals surface area contributed by atoms with Gasteiger partial charge in [0.25, 0.3) is 0 Å². The molecule has 1 saturated heterocycles. The summed E-state index contributed by atoms with van der Waals surface area (Å²) in [6.45, 7) is 0.786. The number of nitrogens with one attached hydrogen (secondary N) is 1. The summed E-state index contributed by atoms with van der Waals surface area (Å²) in [5.74, 6) is 0.593. The molecule has 1 aliphatic heterocycles. The standard InChI is InChI=1S/C15H18N4O/c1-18-10-4-6-12(18)13-7-5-11-19(13)15(20)17-14-8-2-3-9-16-14/h2-4,6,8-10,13H,5,7,11H2,1H3,(H,16,17,20). The highest BCUT2D eigenvalue weighted by molar-refractivity contribution is 5.88. The predicted octanol–water partition coefficient (Wildman–Crippen LogP) is 2.79. The molecular weight excluding hydrogens is 252 g/mol. The van der Waals surface area contributed by atoms with Crippen molar-refractivity contribution in [1.29, 1.82) is 0 Å². The molecule has 1 unspecified atom stereocenters. The SMILES string of the molecule is Cn1cccc1C1CCCN1C(=O)Nc1ccccn1. The molecule has 5 heteroatoms. The third-order valence-electron chi connectivity index (χ3n) is 3.74. The molecule has 1 aliphatic rings. The molecule has 0 spiro atoms. The number of pyridine rings is 1. The number of nitrogens with zero attached hydrogens (tertiary/aromatic N) is 3. The van der Waals surface area contributed by atoms with E-state index in [4.69, 9.17) is 0 Å². The minimum absolute atomic E-state index is 0.0765. The van der Waals surface area contributed by atoms with Crippen LogP contribution in [0.4, 0.5) is 10.6 Å². The largest absolute Gasteiger partial charge is 0.353 e. The van der Waals surface area contributed by atoms with E-state index in [0.29, 0.717) is 5.82 Å². The molecule has 1 fully saturated rings. The summed E-state index contributed by atoms with van der Waals surface area (Å²) >= 11 is 0. The second kappa shape index (κ2) is 5.36. The van der Waals surface area contributed by atoms with Gasteiger partial charge in [-0.3, -0.25) is 5.32 Å². The van der Waals surface area contributed by atoms with Crippen LogP contribution in [0.15, 0.2) is 42.7 Å². The molecule has 1 atom stereocenters. The van der Waals surface area contributed by atoms with Crippen molar-refractivity contribution in [1.82, 2.24) is 14.5 Å². The number of aryl methyl sites for hydroxylation is 1. The van der Waals surface area contributed by atoms with Crippen LogP contribution in [-0.2, 0) is 7.05 Å². The zero-order valence-electron chi connectivity index (χ0n) is 11.5. The van der Waals surface area contributed by atoms with Gasteiger partial charge in [0.05, 0.1) is 6.04 Å². The Labute approximate surface area is 118 Å². The lowest BCUT2D eigenvalue weighted by Crippen LogP contribution is -2.35. The second-order valence-corrected chi connectivity index (χ2v) is 5.04. The van der Waals surface area contributed by atoms with Gasteiger partial charge in [0.1, 0.15) is 5.82 Å². The van der Waals surface area contributed by atoms with E-state index in [1.54, 1.807) is 12.3 Å². The highest BCUT2D eigenvalue weighted by atomic mass is 16.2. The van der Waals surface area contributed by atoms with E-state index < -0.39 is 0 Å². The van der Waals surface area contributed by atoms with Crippen molar-refractivity contribution < 1.29 is 4.79 Å². The highest BCUT2D eigenvalue weighted by Gasteiger charge is 2.31. The van der Waals surface area contributed by atoms with E-state index >= 15 is 0 Å². The molecule has 3 heterocycles. The molecule has 104 valence electrons. The van der Waals surface area contributed by atoms with Crippen LogP contribution < -0.4 is 5.32 Å². The second-order valence-electron chi connectivity index (χ2n) is 5.04. The minimum atomic E-state index is -0.0765. The fourth-order valence-electron chi connectivity index (χ4n) is 2.76. The summed E-state index contributed by atoms with van der Waals surface area (Å²) < 4.78 is 2.08. The number of amides is 2. The van der Waals surface area contributed by atoms with Crippen molar-refractivity contribution in [3.63, 3.8) is 0 Å². The molecule has 0 radical (unpaired) electrons. The number of anilines is 1. The maximum atomic E-state index is 12.4. The molecule has 3 rings (SSSR count). The first-order chi connectivity index (χ1) is 9.75. The normalized spacial score (nSPS) is 18.2. The lowest BCUT2D eigenvalue weighted by Gasteiger charge is -2.25. The van der Waals surface area contributed by atoms with Crippen LogP contribution in [0, 0.1) is 0 Å². The Bertz CT molecular complexity index is 593. The molecule has 0 aliphatic carbocycles. The van der Waals surface area contributed by atoms with E-state index in [0.717, 1.165) is 19.4 Å². The van der Waals surface area contributed by atoms with E-state index in [1.165, 1.54) is 5.69 Å². The topological polar surface area (TPSA) is 50.2 Å². The Kier molecular flexibility index (Phi) is 3.41. The predicted molar refractivity (Wildman–Crippen MR) is 77.3 cm³/mol. The first-order valence-corrected chi connectivity index (χ1v) is 6.85. The van der Waals surface area contributed by atoms with Crippen LogP contribution in [0.3, 0.4) is 0 Å². The first kappa shape index (κ1) is 12.7. The average Bonchev–Trinajstić information content (AvgIpc) is 3.07. The van der Waals surface area contributed by atoms with Crippen molar-refractivity contribution in [2.45, 2.75) is 18.9 Å². The zero-order valence-corrected chi connectivity index (χ0v) is 11.5. The third kappa shape index (κ3) is 2.39. The summed E-state index contributed by atoms with van der Waals surface area (Å²) in [7, 11) is 2.02. The molecular formula is C15H18N4O. The van der Waals surface area contributed by atoms with Crippen molar-refractivity contribution in [3.05, 3.63) is 48.4 Å². The van der Waals surface area contributed by atoms with Crippen molar-refractivity contribution in [3.8, 4) is 0 Å². The number of carbonyl (C=O) groups excluding carboxylic acids is 1. The van der Waals surface area contributed by atoms with Gasteiger partial charge in [0.2, 0.25) is 0 Å². The van der Waals surface area contributed by atoms with Gasteiger partial charge < -0.3 is 9.47 Å². The Hall–Kier alpha value is -2.30. The summed E-state index contributed by atoms with van der Waals surface area (Å²) in [6.07, 6.45) is 5.73. The van der Waals surface area contributed by atoms with Crippen LogP contribution in [-0.4, -0.2) is 27.0 Å².